The van der Waals surface area contributed by atoms with Gasteiger partial charge >= 0.3 is 0 Å². The zero-order valence-electron chi connectivity index (χ0n) is 19.5. The Hall–Kier alpha value is -3.26. The maximum absolute atomic E-state index is 14.1. The molecule has 0 aliphatic carbocycles. The first-order valence-electron chi connectivity index (χ1n) is 12.0. The van der Waals surface area contributed by atoms with Gasteiger partial charge in [-0.25, -0.2) is 4.39 Å². The number of hydrogen-bond donors (Lipinski definition) is 0. The molecule has 7 nitrogen and oxygen atoms in total. The van der Waals surface area contributed by atoms with Crippen LogP contribution in [0.25, 0.3) is 11.4 Å². The molecule has 1 amide bonds. The molecule has 34 heavy (non-hydrogen) atoms. The van der Waals surface area contributed by atoms with Crippen LogP contribution in [0.15, 0.2) is 53.1 Å². The molecule has 2 aliphatic rings. The van der Waals surface area contributed by atoms with Gasteiger partial charge in [0.25, 0.3) is 0 Å². The number of carbonyl (C=O) groups is 1. The van der Waals surface area contributed by atoms with Crippen LogP contribution in [0.4, 0.5) is 10.1 Å². The molecule has 8 heteroatoms. The number of aryl methyl sites for hydroxylation is 1. The SMILES string of the molecule is Cc1ccccc1-c1noc(CN2CCC(C(=O)N3CCN(c4ccccc4F)CC3)CC2)n1. The minimum Gasteiger partial charge on any atom is -0.366 e. The molecule has 2 aliphatic heterocycles. The van der Waals surface area contributed by atoms with Gasteiger partial charge in [-0.1, -0.05) is 41.6 Å². The van der Waals surface area contributed by atoms with E-state index < -0.39 is 0 Å². The van der Waals surface area contributed by atoms with E-state index in [2.05, 4.69) is 15.0 Å². The van der Waals surface area contributed by atoms with Crippen LogP contribution in [0, 0.1) is 18.7 Å². The van der Waals surface area contributed by atoms with Crippen molar-refractivity contribution in [2.75, 3.05) is 44.2 Å². The summed E-state index contributed by atoms with van der Waals surface area (Å²) in [5.74, 6) is 1.29. The molecule has 0 spiro atoms. The van der Waals surface area contributed by atoms with Crippen molar-refractivity contribution in [2.45, 2.75) is 26.3 Å². The van der Waals surface area contributed by atoms with Gasteiger partial charge in [0.2, 0.25) is 17.6 Å². The molecular weight excluding hydrogens is 433 g/mol. The minimum absolute atomic E-state index is 0.0430. The Morgan fingerprint density at radius 1 is 1.00 bits per heavy atom. The molecule has 3 heterocycles. The second kappa shape index (κ2) is 9.93. The van der Waals surface area contributed by atoms with E-state index in [9.17, 15) is 9.18 Å². The fourth-order valence-corrected chi connectivity index (χ4v) is 4.92. The van der Waals surface area contributed by atoms with Gasteiger partial charge in [0.05, 0.1) is 12.2 Å². The standard InChI is InChI=1S/C26H30FN5O2/c1-19-6-2-3-7-21(19)25-28-24(34-29-25)18-30-12-10-20(11-13-30)26(33)32-16-14-31(15-17-32)23-9-5-4-8-22(23)27/h2-9,20H,10-18H2,1H3. The number of rotatable bonds is 5. The highest BCUT2D eigenvalue weighted by Gasteiger charge is 2.31. The van der Waals surface area contributed by atoms with Gasteiger partial charge in [0, 0.05) is 37.7 Å². The Balaban J connectivity index is 1.10. The summed E-state index contributed by atoms with van der Waals surface area (Å²) in [4.78, 5) is 23.9. The number of amides is 1. The van der Waals surface area contributed by atoms with Gasteiger partial charge in [-0.2, -0.15) is 4.98 Å². The van der Waals surface area contributed by atoms with E-state index in [-0.39, 0.29) is 17.6 Å². The van der Waals surface area contributed by atoms with Crippen molar-refractivity contribution >= 4 is 11.6 Å². The maximum Gasteiger partial charge on any atom is 0.241 e. The van der Waals surface area contributed by atoms with Crippen molar-refractivity contribution < 1.29 is 13.7 Å². The molecule has 0 unspecified atom stereocenters. The summed E-state index contributed by atoms with van der Waals surface area (Å²) in [6.45, 7) is 6.88. The normalized spacial score (nSPS) is 17.8. The second-order valence-corrected chi connectivity index (χ2v) is 9.14. The van der Waals surface area contributed by atoms with E-state index in [0.717, 1.165) is 37.1 Å². The van der Waals surface area contributed by atoms with E-state index in [1.165, 1.54) is 6.07 Å². The molecule has 2 saturated heterocycles. The zero-order chi connectivity index (χ0) is 23.5. The summed E-state index contributed by atoms with van der Waals surface area (Å²) in [5, 5.41) is 4.15. The van der Waals surface area contributed by atoms with E-state index in [1.54, 1.807) is 12.1 Å². The Labute approximate surface area is 199 Å². The number of piperidine rings is 1. The summed E-state index contributed by atoms with van der Waals surface area (Å²) in [7, 11) is 0. The summed E-state index contributed by atoms with van der Waals surface area (Å²) in [5.41, 5.74) is 2.72. The number of likely N-dealkylation sites (tertiary alicyclic amines) is 1. The number of piperazine rings is 1. The minimum atomic E-state index is -0.207. The van der Waals surface area contributed by atoms with Crippen molar-refractivity contribution in [1.29, 1.82) is 0 Å². The number of para-hydroxylation sites is 1. The lowest BCUT2D eigenvalue weighted by Gasteiger charge is -2.39. The van der Waals surface area contributed by atoms with Crippen molar-refractivity contribution in [3.05, 3.63) is 65.8 Å². The number of carbonyl (C=O) groups excluding carboxylic acids is 1. The first-order valence-corrected chi connectivity index (χ1v) is 12.0. The number of aromatic nitrogens is 2. The van der Waals surface area contributed by atoms with E-state index in [0.29, 0.717) is 50.1 Å². The average Bonchev–Trinajstić information content (AvgIpc) is 3.33. The van der Waals surface area contributed by atoms with Crippen molar-refractivity contribution in [3.8, 4) is 11.4 Å². The van der Waals surface area contributed by atoms with Gasteiger partial charge in [-0.3, -0.25) is 9.69 Å². The molecule has 0 atom stereocenters. The van der Waals surface area contributed by atoms with Gasteiger partial charge in [0.1, 0.15) is 5.82 Å². The topological polar surface area (TPSA) is 65.7 Å². The lowest BCUT2D eigenvalue weighted by molar-refractivity contribution is -0.137. The molecule has 0 saturated carbocycles. The largest absolute Gasteiger partial charge is 0.366 e. The Morgan fingerprint density at radius 3 is 2.44 bits per heavy atom. The smallest absolute Gasteiger partial charge is 0.241 e. The fourth-order valence-electron chi connectivity index (χ4n) is 4.92. The van der Waals surface area contributed by atoms with Crippen LogP contribution >= 0.6 is 0 Å². The highest BCUT2D eigenvalue weighted by molar-refractivity contribution is 5.79. The molecule has 2 fully saturated rings. The van der Waals surface area contributed by atoms with E-state index in [4.69, 9.17) is 4.52 Å². The third-order valence-corrected chi connectivity index (χ3v) is 6.93. The highest BCUT2D eigenvalue weighted by atomic mass is 19.1. The quantitative estimate of drug-likeness (QED) is 0.574. The summed E-state index contributed by atoms with van der Waals surface area (Å²) >= 11 is 0. The van der Waals surface area contributed by atoms with Crippen LogP contribution in [0.2, 0.25) is 0 Å². The highest BCUT2D eigenvalue weighted by Crippen LogP contribution is 2.25. The molecule has 3 aromatic rings. The Bertz CT molecular complexity index is 1130. The summed E-state index contributed by atoms with van der Waals surface area (Å²) < 4.78 is 19.6. The fraction of sp³-hybridized carbons (Fsp3) is 0.423. The van der Waals surface area contributed by atoms with Crippen molar-refractivity contribution in [3.63, 3.8) is 0 Å². The van der Waals surface area contributed by atoms with E-state index in [1.807, 2.05) is 47.1 Å². The number of nitrogens with zero attached hydrogens (tertiary/aromatic N) is 5. The third kappa shape index (κ3) is 4.82. The number of halogens is 1. The Morgan fingerprint density at radius 2 is 1.71 bits per heavy atom. The van der Waals surface area contributed by atoms with Crippen LogP contribution in [-0.4, -0.2) is 65.1 Å². The second-order valence-electron chi connectivity index (χ2n) is 9.14. The molecule has 1 aromatic heterocycles. The van der Waals surface area contributed by atoms with Crippen LogP contribution in [0.3, 0.4) is 0 Å². The average molecular weight is 464 g/mol. The number of benzene rings is 2. The van der Waals surface area contributed by atoms with Crippen LogP contribution in [0.1, 0.15) is 24.3 Å². The van der Waals surface area contributed by atoms with Gasteiger partial charge in [0.15, 0.2) is 0 Å². The molecule has 0 radical (unpaired) electrons. The first-order chi connectivity index (χ1) is 16.6. The van der Waals surface area contributed by atoms with E-state index >= 15 is 0 Å². The molecule has 178 valence electrons. The van der Waals surface area contributed by atoms with Crippen molar-refractivity contribution in [1.82, 2.24) is 19.9 Å². The molecular formula is C26H30FN5O2. The summed E-state index contributed by atoms with van der Waals surface area (Å²) in [6.07, 6.45) is 1.65. The number of anilines is 1. The molecule has 0 N–H and O–H groups in total. The summed E-state index contributed by atoms with van der Waals surface area (Å²) in [6, 6.07) is 14.8. The number of hydrogen-bond acceptors (Lipinski definition) is 6. The molecule has 0 bridgehead atoms. The van der Waals surface area contributed by atoms with Gasteiger partial charge < -0.3 is 14.3 Å². The lowest BCUT2D eigenvalue weighted by atomic mass is 9.95. The van der Waals surface area contributed by atoms with Gasteiger partial charge in [-0.05, 0) is 50.6 Å². The molecule has 5 rings (SSSR count). The molecule has 2 aromatic carbocycles. The first kappa shape index (κ1) is 22.5. The van der Waals surface area contributed by atoms with Crippen LogP contribution in [0.5, 0.6) is 0 Å². The third-order valence-electron chi connectivity index (χ3n) is 6.93. The van der Waals surface area contributed by atoms with Crippen molar-refractivity contribution in [2.24, 2.45) is 5.92 Å². The maximum atomic E-state index is 14.1. The predicted molar refractivity (Wildman–Crippen MR) is 128 cm³/mol. The monoisotopic (exact) mass is 463 g/mol. The van der Waals surface area contributed by atoms with Crippen LogP contribution in [-0.2, 0) is 11.3 Å². The predicted octanol–water partition coefficient (Wildman–Crippen LogP) is 3.74. The zero-order valence-corrected chi connectivity index (χ0v) is 19.5. The lowest BCUT2D eigenvalue weighted by Crippen LogP contribution is -2.51. The Kier molecular flexibility index (Phi) is 6.58. The van der Waals surface area contributed by atoms with Crippen LogP contribution < -0.4 is 4.90 Å². The van der Waals surface area contributed by atoms with Gasteiger partial charge in [-0.15, -0.1) is 0 Å².